The standard InChI is InChI=1S/C21H30N4O.ClH/c1-15-19(16(2)25(24-15)17-7-4-3-5-8-17)13-23-20-10-6-9-18(20)21-14-26-12-11-22-21;/h3-5,7-8,18,20-23H,6,9-14H2,1-2H3;1H. The van der Waals surface area contributed by atoms with Crippen molar-refractivity contribution >= 4 is 12.4 Å². The summed E-state index contributed by atoms with van der Waals surface area (Å²) in [5.41, 5.74) is 4.80. The molecule has 2 heterocycles. The van der Waals surface area contributed by atoms with Crippen LogP contribution in [0.1, 0.15) is 36.2 Å². The van der Waals surface area contributed by atoms with E-state index in [1.165, 1.54) is 30.5 Å². The van der Waals surface area contributed by atoms with E-state index >= 15 is 0 Å². The molecule has 0 spiro atoms. The summed E-state index contributed by atoms with van der Waals surface area (Å²) in [5, 5.41) is 12.3. The van der Waals surface area contributed by atoms with Gasteiger partial charge in [-0.1, -0.05) is 24.6 Å². The summed E-state index contributed by atoms with van der Waals surface area (Å²) < 4.78 is 7.76. The Morgan fingerprint density at radius 1 is 1.22 bits per heavy atom. The molecule has 2 aliphatic rings. The summed E-state index contributed by atoms with van der Waals surface area (Å²) in [6.45, 7) is 7.86. The Labute approximate surface area is 168 Å². The van der Waals surface area contributed by atoms with E-state index in [4.69, 9.17) is 9.84 Å². The molecule has 2 aromatic rings. The highest BCUT2D eigenvalue weighted by molar-refractivity contribution is 5.85. The van der Waals surface area contributed by atoms with Gasteiger partial charge in [-0.05, 0) is 44.7 Å². The largest absolute Gasteiger partial charge is 0.379 e. The third kappa shape index (κ3) is 4.37. The number of morpholine rings is 1. The second kappa shape index (κ2) is 9.20. The maximum absolute atomic E-state index is 5.69. The molecule has 3 atom stereocenters. The monoisotopic (exact) mass is 390 g/mol. The van der Waals surface area contributed by atoms with Crippen molar-refractivity contribution in [2.45, 2.75) is 51.7 Å². The highest BCUT2D eigenvalue weighted by Gasteiger charge is 2.34. The molecule has 1 saturated heterocycles. The molecule has 2 fully saturated rings. The maximum atomic E-state index is 5.69. The molecule has 1 saturated carbocycles. The average molecular weight is 391 g/mol. The van der Waals surface area contributed by atoms with Crippen LogP contribution in [0.5, 0.6) is 0 Å². The summed E-state index contributed by atoms with van der Waals surface area (Å²) in [6, 6.07) is 11.4. The fourth-order valence-corrected chi connectivity index (χ4v) is 4.57. The van der Waals surface area contributed by atoms with Gasteiger partial charge in [0, 0.05) is 36.4 Å². The summed E-state index contributed by atoms with van der Waals surface area (Å²) in [7, 11) is 0. The van der Waals surface area contributed by atoms with Crippen LogP contribution in [0.25, 0.3) is 5.69 Å². The van der Waals surface area contributed by atoms with Gasteiger partial charge in [-0.15, -0.1) is 12.4 Å². The minimum atomic E-state index is 0. The molecule has 27 heavy (non-hydrogen) atoms. The van der Waals surface area contributed by atoms with Crippen molar-refractivity contribution in [3.63, 3.8) is 0 Å². The van der Waals surface area contributed by atoms with Crippen molar-refractivity contribution in [2.75, 3.05) is 19.8 Å². The average Bonchev–Trinajstić information content (AvgIpc) is 3.26. The van der Waals surface area contributed by atoms with Crippen LogP contribution in [0.2, 0.25) is 0 Å². The lowest BCUT2D eigenvalue weighted by atomic mass is 9.94. The first-order valence-corrected chi connectivity index (χ1v) is 9.89. The van der Waals surface area contributed by atoms with Gasteiger partial charge in [0.25, 0.3) is 0 Å². The number of rotatable bonds is 5. The highest BCUT2D eigenvalue weighted by atomic mass is 35.5. The van der Waals surface area contributed by atoms with E-state index in [1.807, 2.05) is 6.07 Å². The first-order chi connectivity index (χ1) is 12.7. The third-order valence-corrected chi connectivity index (χ3v) is 6.02. The number of nitrogens with one attached hydrogen (secondary N) is 2. The van der Waals surface area contributed by atoms with Crippen molar-refractivity contribution in [3.05, 3.63) is 47.3 Å². The van der Waals surface area contributed by atoms with Gasteiger partial charge >= 0.3 is 0 Å². The first kappa shape index (κ1) is 20.3. The van der Waals surface area contributed by atoms with Crippen LogP contribution in [0.3, 0.4) is 0 Å². The molecule has 0 bridgehead atoms. The lowest BCUT2D eigenvalue weighted by Gasteiger charge is -2.33. The SMILES string of the molecule is Cc1nn(-c2ccccc2)c(C)c1CNC1CCCC1C1COCCN1.Cl. The number of nitrogens with zero attached hydrogens (tertiary/aromatic N) is 2. The molecule has 0 radical (unpaired) electrons. The van der Waals surface area contributed by atoms with Gasteiger partial charge in [-0.2, -0.15) is 5.10 Å². The topological polar surface area (TPSA) is 51.1 Å². The van der Waals surface area contributed by atoms with Crippen molar-refractivity contribution in [2.24, 2.45) is 5.92 Å². The predicted molar refractivity (Wildman–Crippen MR) is 111 cm³/mol. The predicted octanol–water partition coefficient (Wildman–Crippen LogP) is 3.16. The highest BCUT2D eigenvalue weighted by Crippen LogP contribution is 2.30. The molecule has 3 unspecified atom stereocenters. The Morgan fingerprint density at radius 2 is 2.04 bits per heavy atom. The van der Waals surface area contributed by atoms with Gasteiger partial charge in [0.05, 0.1) is 24.6 Å². The van der Waals surface area contributed by atoms with E-state index in [0.29, 0.717) is 18.0 Å². The van der Waals surface area contributed by atoms with Gasteiger partial charge in [0.1, 0.15) is 0 Å². The number of ether oxygens (including phenoxy) is 1. The van der Waals surface area contributed by atoms with E-state index in [0.717, 1.165) is 37.7 Å². The van der Waals surface area contributed by atoms with E-state index < -0.39 is 0 Å². The molecular weight excluding hydrogens is 360 g/mol. The quantitative estimate of drug-likeness (QED) is 0.823. The van der Waals surface area contributed by atoms with Crippen LogP contribution in [-0.4, -0.2) is 41.6 Å². The molecule has 2 N–H and O–H groups in total. The second-order valence-electron chi connectivity index (χ2n) is 7.61. The molecule has 1 aliphatic heterocycles. The fourth-order valence-electron chi connectivity index (χ4n) is 4.57. The number of hydrogen-bond donors (Lipinski definition) is 2. The smallest absolute Gasteiger partial charge is 0.0648 e. The van der Waals surface area contributed by atoms with Gasteiger partial charge in [-0.25, -0.2) is 4.68 Å². The Hall–Kier alpha value is -1.40. The Morgan fingerprint density at radius 3 is 2.78 bits per heavy atom. The second-order valence-corrected chi connectivity index (χ2v) is 7.61. The van der Waals surface area contributed by atoms with E-state index in [2.05, 4.69) is 53.4 Å². The van der Waals surface area contributed by atoms with Crippen LogP contribution < -0.4 is 10.6 Å². The first-order valence-electron chi connectivity index (χ1n) is 9.89. The molecule has 0 amide bonds. The Bertz CT molecular complexity index is 727. The molecule has 148 valence electrons. The van der Waals surface area contributed by atoms with Gasteiger partial charge in [0.15, 0.2) is 0 Å². The van der Waals surface area contributed by atoms with Crippen LogP contribution in [0.15, 0.2) is 30.3 Å². The molecule has 1 aromatic heterocycles. The summed E-state index contributed by atoms with van der Waals surface area (Å²) in [5.74, 6) is 0.667. The number of para-hydroxylation sites is 1. The lowest BCUT2D eigenvalue weighted by molar-refractivity contribution is 0.0524. The van der Waals surface area contributed by atoms with Crippen molar-refractivity contribution in [3.8, 4) is 5.69 Å². The number of aryl methyl sites for hydroxylation is 1. The molecule has 4 rings (SSSR count). The minimum Gasteiger partial charge on any atom is -0.379 e. The van der Waals surface area contributed by atoms with E-state index in [9.17, 15) is 0 Å². The fraction of sp³-hybridized carbons (Fsp3) is 0.571. The summed E-state index contributed by atoms with van der Waals surface area (Å²) in [6.07, 6.45) is 3.86. The van der Waals surface area contributed by atoms with E-state index in [-0.39, 0.29) is 12.4 Å². The Kier molecular flexibility index (Phi) is 6.93. The zero-order valence-electron chi connectivity index (χ0n) is 16.3. The van der Waals surface area contributed by atoms with Crippen LogP contribution >= 0.6 is 12.4 Å². The third-order valence-electron chi connectivity index (χ3n) is 6.02. The maximum Gasteiger partial charge on any atom is 0.0648 e. The zero-order chi connectivity index (χ0) is 17.9. The molecular formula is C21H31ClN4O. The number of benzene rings is 1. The minimum absolute atomic E-state index is 0. The summed E-state index contributed by atoms with van der Waals surface area (Å²) >= 11 is 0. The summed E-state index contributed by atoms with van der Waals surface area (Å²) in [4.78, 5) is 0. The normalized spacial score (nSPS) is 25.3. The van der Waals surface area contributed by atoms with Crippen LogP contribution in [0, 0.1) is 19.8 Å². The number of aromatic nitrogens is 2. The molecule has 1 aliphatic carbocycles. The van der Waals surface area contributed by atoms with Gasteiger partial charge in [0.2, 0.25) is 0 Å². The zero-order valence-corrected chi connectivity index (χ0v) is 17.1. The molecule has 6 heteroatoms. The van der Waals surface area contributed by atoms with Gasteiger partial charge in [-0.3, -0.25) is 0 Å². The molecule has 1 aromatic carbocycles. The number of halogens is 1. The number of hydrogen-bond acceptors (Lipinski definition) is 4. The van der Waals surface area contributed by atoms with Crippen LogP contribution in [-0.2, 0) is 11.3 Å². The van der Waals surface area contributed by atoms with E-state index in [1.54, 1.807) is 0 Å². The van der Waals surface area contributed by atoms with Crippen molar-refractivity contribution in [1.82, 2.24) is 20.4 Å². The lowest BCUT2D eigenvalue weighted by Crippen LogP contribution is -2.50. The molecule has 5 nitrogen and oxygen atoms in total. The van der Waals surface area contributed by atoms with Crippen molar-refractivity contribution < 1.29 is 4.74 Å². The Balaban J connectivity index is 0.00000210. The van der Waals surface area contributed by atoms with Gasteiger partial charge < -0.3 is 15.4 Å². The van der Waals surface area contributed by atoms with Crippen molar-refractivity contribution in [1.29, 1.82) is 0 Å². The van der Waals surface area contributed by atoms with Crippen LogP contribution in [0.4, 0.5) is 0 Å².